The Labute approximate surface area is 267 Å². The number of anilines is 3. The molecular formula is C23H25Br4N7O4S2. The molecule has 4 rings (SSSR count). The van der Waals surface area contributed by atoms with Crippen LogP contribution < -0.4 is 16.2 Å². The minimum Gasteiger partial charge on any atom is -0.397 e. The summed E-state index contributed by atoms with van der Waals surface area (Å²) in [4.78, 5) is 15.3. The lowest BCUT2D eigenvalue weighted by atomic mass is 10.3. The van der Waals surface area contributed by atoms with Gasteiger partial charge in [0.15, 0.2) is 9.84 Å². The topological polar surface area (TPSA) is 184 Å². The molecule has 4 aromatic rings. The number of halogens is 4. The second-order valence-electron chi connectivity index (χ2n) is 7.66. The van der Waals surface area contributed by atoms with Gasteiger partial charge in [-0.2, -0.15) is 0 Å². The lowest BCUT2D eigenvalue weighted by molar-refractivity contribution is 0.600. The Hall–Kier alpha value is -2.18. The molecule has 0 radical (unpaired) electrons. The zero-order valence-corrected chi connectivity index (χ0v) is 29.0. The molecule has 0 aliphatic carbocycles. The van der Waals surface area contributed by atoms with Gasteiger partial charge in [0, 0.05) is 61.3 Å². The Balaban J connectivity index is 0.000000271. The summed E-state index contributed by atoms with van der Waals surface area (Å²) >= 11 is 12.8. The zero-order chi connectivity index (χ0) is 30.3. The Morgan fingerprint density at radius 2 is 1.25 bits per heavy atom. The van der Waals surface area contributed by atoms with Crippen LogP contribution in [0.15, 0.2) is 91.5 Å². The summed E-state index contributed by atoms with van der Waals surface area (Å²) in [6.45, 7) is 0. The van der Waals surface area contributed by atoms with Crippen LogP contribution in [0.3, 0.4) is 0 Å². The van der Waals surface area contributed by atoms with Crippen LogP contribution in [0.25, 0.3) is 0 Å². The van der Waals surface area contributed by atoms with E-state index in [1.165, 1.54) is 12.5 Å². The molecule has 4 heterocycles. The van der Waals surface area contributed by atoms with Crippen molar-refractivity contribution in [3.05, 3.63) is 97.0 Å². The molecule has 0 spiro atoms. The first kappa shape index (κ1) is 35.8. The first-order valence-corrected chi connectivity index (χ1v) is 17.7. The number of nitrogen functional groups attached to an aromatic ring is 2. The maximum atomic E-state index is 10.9. The van der Waals surface area contributed by atoms with Gasteiger partial charge in [-0.15, -0.1) is 0 Å². The van der Waals surface area contributed by atoms with E-state index in [0.29, 0.717) is 22.9 Å². The van der Waals surface area contributed by atoms with Crippen molar-refractivity contribution in [1.29, 1.82) is 0 Å². The Bertz CT molecular complexity index is 1520. The van der Waals surface area contributed by atoms with E-state index in [1.807, 2.05) is 6.07 Å². The predicted octanol–water partition coefficient (Wildman–Crippen LogP) is 5.46. The van der Waals surface area contributed by atoms with Crippen LogP contribution in [0, 0.1) is 0 Å². The summed E-state index contributed by atoms with van der Waals surface area (Å²) in [5.74, 6) is 0.910. The molecule has 17 heteroatoms. The highest BCUT2D eigenvalue weighted by Crippen LogP contribution is 2.12. The third-order valence-corrected chi connectivity index (χ3v) is 6.93. The van der Waals surface area contributed by atoms with Crippen LogP contribution >= 0.6 is 63.7 Å². The first-order valence-electron chi connectivity index (χ1n) is 10.6. The number of nitrogens with two attached hydrogens (primary N) is 2. The normalized spacial score (nSPS) is 10.4. The highest BCUT2D eigenvalue weighted by Gasteiger charge is 2.04. The highest BCUT2D eigenvalue weighted by molar-refractivity contribution is 9.11. The summed E-state index contributed by atoms with van der Waals surface area (Å²) in [7, 11) is -6.17. The average Bonchev–Trinajstić information content (AvgIpc) is 2.82. The molecule has 0 atom stereocenters. The van der Waals surface area contributed by atoms with Gasteiger partial charge in [-0.25, -0.2) is 26.8 Å². The molecule has 216 valence electrons. The second kappa shape index (κ2) is 17.6. The minimum absolute atomic E-state index is 0.0411. The van der Waals surface area contributed by atoms with Crippen molar-refractivity contribution in [2.24, 2.45) is 0 Å². The molecule has 0 aliphatic rings. The monoisotopic (exact) mass is 843 g/mol. The van der Waals surface area contributed by atoms with E-state index < -0.39 is 19.9 Å². The van der Waals surface area contributed by atoms with Gasteiger partial charge in [0.05, 0.1) is 17.7 Å². The maximum Gasteiger partial charge on any atom is 0.230 e. The van der Waals surface area contributed by atoms with Gasteiger partial charge in [-0.3, -0.25) is 14.7 Å². The molecule has 0 aliphatic heterocycles. The fourth-order valence-corrected chi connectivity index (χ4v) is 4.81. The number of nitrogens with zero attached hydrogens (tertiary/aromatic N) is 4. The molecule has 0 fully saturated rings. The number of nitrogens with one attached hydrogen (secondary N) is 1. The van der Waals surface area contributed by atoms with Gasteiger partial charge in [-0.05, 0) is 106 Å². The van der Waals surface area contributed by atoms with Crippen molar-refractivity contribution in [3.63, 3.8) is 0 Å². The number of hydrogen-bond acceptors (Lipinski definition) is 10. The standard InChI is InChI=1S/C7H8BrNO2S.C6H7BrN2O2S.2C5H5BrN2/c1-12(10,11)5-6-2-7(8)4-9-3-6;1-12(10,11)9-6-3-2-5(7)4-8-6;6-4-1-5(7)3-8-2-4;6-4-1-2-5(7)8-3-4/h2-4H,5H2,1H3;2-4H,1H3,(H,8,9);1-3H,7H2;1-3H,(H2,7,8). The van der Waals surface area contributed by atoms with Crippen LogP contribution in [-0.4, -0.2) is 49.3 Å². The fraction of sp³-hybridized carbons (Fsp3) is 0.130. The molecule has 0 saturated carbocycles. The van der Waals surface area contributed by atoms with Crippen molar-refractivity contribution in [3.8, 4) is 0 Å². The van der Waals surface area contributed by atoms with Crippen LogP contribution in [0.4, 0.5) is 17.3 Å². The minimum atomic E-state index is -3.22. The lowest BCUT2D eigenvalue weighted by Gasteiger charge is -2.00. The van der Waals surface area contributed by atoms with Gasteiger partial charge < -0.3 is 11.5 Å². The third kappa shape index (κ3) is 19.0. The summed E-state index contributed by atoms with van der Waals surface area (Å²) in [6.07, 6.45) is 11.9. The lowest BCUT2D eigenvalue weighted by Crippen LogP contribution is -2.10. The Morgan fingerprint density at radius 1 is 0.700 bits per heavy atom. The van der Waals surface area contributed by atoms with E-state index in [2.05, 4.69) is 88.4 Å². The molecule has 40 heavy (non-hydrogen) atoms. The van der Waals surface area contributed by atoms with Crippen LogP contribution in [0.1, 0.15) is 5.56 Å². The number of sulfonamides is 1. The molecular weight excluding hydrogens is 822 g/mol. The third-order valence-electron chi connectivity index (χ3n) is 3.68. The van der Waals surface area contributed by atoms with E-state index in [-0.39, 0.29) is 5.75 Å². The Kier molecular flexibility index (Phi) is 15.8. The molecule has 0 amide bonds. The highest BCUT2D eigenvalue weighted by atomic mass is 79.9. The van der Waals surface area contributed by atoms with Crippen molar-refractivity contribution < 1.29 is 16.8 Å². The summed E-state index contributed by atoms with van der Waals surface area (Å²) in [5, 5.41) is 0. The SMILES string of the molecule is CS(=O)(=O)Cc1cncc(Br)c1.CS(=O)(=O)Nc1ccc(Br)cn1.Nc1ccc(Br)cn1.Nc1cncc(Br)c1. The largest absolute Gasteiger partial charge is 0.397 e. The molecule has 0 bridgehead atoms. The quantitative estimate of drug-likeness (QED) is 0.239. The number of sulfone groups is 1. The summed E-state index contributed by atoms with van der Waals surface area (Å²) < 4.78 is 48.9. The number of hydrogen-bond donors (Lipinski definition) is 3. The summed E-state index contributed by atoms with van der Waals surface area (Å²) in [6, 6.07) is 10.4. The smallest absolute Gasteiger partial charge is 0.230 e. The molecule has 0 aromatic carbocycles. The van der Waals surface area contributed by atoms with Gasteiger partial charge in [-0.1, -0.05) is 0 Å². The summed E-state index contributed by atoms with van der Waals surface area (Å²) in [5.41, 5.74) is 12.0. The van der Waals surface area contributed by atoms with Crippen molar-refractivity contribution in [2.75, 3.05) is 28.7 Å². The first-order chi connectivity index (χ1) is 18.5. The predicted molar refractivity (Wildman–Crippen MR) is 174 cm³/mol. The van der Waals surface area contributed by atoms with E-state index >= 15 is 0 Å². The van der Waals surface area contributed by atoms with Crippen LogP contribution in [0.2, 0.25) is 0 Å². The van der Waals surface area contributed by atoms with E-state index in [1.54, 1.807) is 61.3 Å². The molecule has 11 nitrogen and oxygen atoms in total. The van der Waals surface area contributed by atoms with Crippen molar-refractivity contribution in [1.82, 2.24) is 19.9 Å². The average molecular weight is 847 g/mol. The number of pyridine rings is 4. The number of rotatable bonds is 4. The second-order valence-corrected chi connectivity index (χ2v) is 15.2. The van der Waals surface area contributed by atoms with Crippen LogP contribution in [-0.2, 0) is 25.6 Å². The Morgan fingerprint density at radius 3 is 1.62 bits per heavy atom. The fourth-order valence-electron chi connectivity index (χ4n) is 2.28. The van der Waals surface area contributed by atoms with Gasteiger partial charge in [0.25, 0.3) is 0 Å². The van der Waals surface area contributed by atoms with E-state index in [0.717, 1.165) is 24.1 Å². The maximum absolute atomic E-state index is 10.9. The van der Waals surface area contributed by atoms with Gasteiger partial charge >= 0.3 is 0 Å². The number of aromatic nitrogens is 4. The molecule has 5 N–H and O–H groups in total. The van der Waals surface area contributed by atoms with Crippen molar-refractivity contribution in [2.45, 2.75) is 5.75 Å². The molecule has 0 unspecified atom stereocenters. The zero-order valence-electron chi connectivity index (χ0n) is 21.0. The van der Waals surface area contributed by atoms with E-state index in [4.69, 9.17) is 11.5 Å². The van der Waals surface area contributed by atoms with Gasteiger partial charge in [0.1, 0.15) is 11.6 Å². The van der Waals surface area contributed by atoms with E-state index in [9.17, 15) is 16.8 Å². The van der Waals surface area contributed by atoms with Crippen molar-refractivity contribution >= 4 is 101 Å². The molecule has 0 saturated heterocycles. The van der Waals surface area contributed by atoms with Gasteiger partial charge in [0.2, 0.25) is 10.0 Å². The van der Waals surface area contributed by atoms with Crippen LogP contribution in [0.5, 0.6) is 0 Å². The molecule has 4 aromatic heterocycles.